The van der Waals surface area contributed by atoms with Crippen LogP contribution >= 0.6 is 22.7 Å². The zero-order valence-corrected chi connectivity index (χ0v) is 17.8. The number of thiophene rings is 2. The smallest absolute Gasteiger partial charge is 0.0355 e. The molecular formula is C28H18S2. The first-order valence-electron chi connectivity index (χ1n) is 10.3. The van der Waals surface area contributed by atoms with Gasteiger partial charge in [0.1, 0.15) is 0 Å². The summed E-state index contributed by atoms with van der Waals surface area (Å²) in [7, 11) is 0. The molecule has 3 aliphatic rings. The first-order valence-corrected chi connectivity index (χ1v) is 12.1. The molecule has 2 bridgehead atoms. The van der Waals surface area contributed by atoms with Gasteiger partial charge in [0.2, 0.25) is 0 Å². The van der Waals surface area contributed by atoms with Crippen molar-refractivity contribution in [2.24, 2.45) is 0 Å². The van der Waals surface area contributed by atoms with Gasteiger partial charge in [-0.25, -0.2) is 0 Å². The Kier molecular flexibility index (Phi) is 3.52. The summed E-state index contributed by atoms with van der Waals surface area (Å²) in [5.74, 6) is 0.601. The summed E-state index contributed by atoms with van der Waals surface area (Å²) in [5, 5.41) is 4.38. The van der Waals surface area contributed by atoms with Crippen LogP contribution in [-0.2, 0) is 0 Å². The van der Waals surface area contributed by atoms with Crippen molar-refractivity contribution in [3.8, 4) is 20.9 Å². The molecule has 3 aliphatic carbocycles. The highest BCUT2D eigenvalue weighted by Gasteiger charge is 2.43. The first kappa shape index (κ1) is 16.8. The van der Waals surface area contributed by atoms with Crippen LogP contribution in [0.25, 0.3) is 20.9 Å². The van der Waals surface area contributed by atoms with Crippen LogP contribution in [0, 0.1) is 0 Å². The molecular weight excluding hydrogens is 400 g/mol. The summed E-state index contributed by atoms with van der Waals surface area (Å²) in [4.78, 5) is 2.73. The Morgan fingerprint density at radius 3 is 1.17 bits per heavy atom. The lowest BCUT2D eigenvalue weighted by atomic mass is 9.59. The van der Waals surface area contributed by atoms with Crippen LogP contribution in [-0.4, -0.2) is 0 Å². The van der Waals surface area contributed by atoms with Gasteiger partial charge in [0.05, 0.1) is 0 Å². The van der Waals surface area contributed by atoms with E-state index in [9.17, 15) is 0 Å². The molecule has 0 nitrogen and oxygen atoms in total. The number of rotatable bonds is 2. The third-order valence-electron chi connectivity index (χ3n) is 6.67. The maximum Gasteiger partial charge on any atom is 0.0355 e. The van der Waals surface area contributed by atoms with Crippen molar-refractivity contribution in [1.29, 1.82) is 0 Å². The second-order valence-corrected chi connectivity index (χ2v) is 9.96. The fraction of sp³-hybridized carbons (Fsp3) is 0.0714. The first-order chi connectivity index (χ1) is 14.9. The topological polar surface area (TPSA) is 0 Å². The van der Waals surface area contributed by atoms with Crippen molar-refractivity contribution >= 4 is 22.7 Å². The van der Waals surface area contributed by atoms with Gasteiger partial charge >= 0.3 is 0 Å². The van der Waals surface area contributed by atoms with E-state index in [0.29, 0.717) is 11.8 Å². The SMILES string of the molecule is c1csc(-c2ccc(-c3cccs3)c3c2C2c4ccccc4C3c3ccccc32)c1. The Balaban J connectivity index is 1.64. The van der Waals surface area contributed by atoms with Crippen LogP contribution < -0.4 is 0 Å². The van der Waals surface area contributed by atoms with E-state index in [1.54, 1.807) is 0 Å². The lowest BCUT2D eigenvalue weighted by Crippen LogP contribution is -2.28. The van der Waals surface area contributed by atoms with Crippen molar-refractivity contribution in [2.75, 3.05) is 0 Å². The molecule has 2 heterocycles. The molecule has 0 radical (unpaired) electrons. The molecule has 3 aromatic carbocycles. The van der Waals surface area contributed by atoms with E-state index in [0.717, 1.165) is 0 Å². The third kappa shape index (κ3) is 2.15. The van der Waals surface area contributed by atoms with Gasteiger partial charge in [-0.2, -0.15) is 0 Å². The molecule has 0 saturated carbocycles. The van der Waals surface area contributed by atoms with Crippen LogP contribution in [0.3, 0.4) is 0 Å². The molecule has 0 N–H and O–H groups in total. The van der Waals surface area contributed by atoms with Crippen molar-refractivity contribution in [3.63, 3.8) is 0 Å². The second kappa shape index (κ2) is 6.28. The maximum absolute atomic E-state index is 2.37. The Hall–Kier alpha value is -2.94. The van der Waals surface area contributed by atoms with Gasteiger partial charge < -0.3 is 0 Å². The molecule has 30 heavy (non-hydrogen) atoms. The van der Waals surface area contributed by atoms with Gasteiger partial charge in [0.25, 0.3) is 0 Å². The molecule has 0 fully saturated rings. The predicted octanol–water partition coefficient (Wildman–Crippen LogP) is 8.13. The Morgan fingerprint density at radius 1 is 0.433 bits per heavy atom. The summed E-state index contributed by atoms with van der Waals surface area (Å²) in [5.41, 5.74) is 11.8. The Morgan fingerprint density at radius 2 is 0.833 bits per heavy atom. The third-order valence-corrected chi connectivity index (χ3v) is 8.48. The fourth-order valence-corrected chi connectivity index (χ4v) is 7.11. The molecule has 5 aromatic rings. The maximum atomic E-state index is 2.37. The normalized spacial score (nSPS) is 18.0. The van der Waals surface area contributed by atoms with E-state index in [1.165, 1.54) is 54.3 Å². The van der Waals surface area contributed by atoms with Crippen LogP contribution in [0.15, 0.2) is 95.7 Å². The van der Waals surface area contributed by atoms with Gasteiger partial charge in [-0.05, 0) is 67.4 Å². The standard InChI is InChI=1S/C28H18S2/c1-2-8-18-17(7-1)25-19-9-3-4-10-20(19)26(18)28-22(24-12-6-16-30-24)14-13-21(27(25)28)23-11-5-15-29-23/h1-16,25-26H. The van der Waals surface area contributed by atoms with Crippen LogP contribution in [0.5, 0.6) is 0 Å². The zero-order valence-electron chi connectivity index (χ0n) is 16.2. The molecule has 8 rings (SSSR count). The molecule has 0 saturated heterocycles. The van der Waals surface area contributed by atoms with Gasteiger partial charge in [-0.15, -0.1) is 22.7 Å². The minimum Gasteiger partial charge on any atom is -0.144 e. The lowest BCUT2D eigenvalue weighted by molar-refractivity contribution is 0.758. The minimum atomic E-state index is 0.300. The molecule has 0 amide bonds. The Bertz CT molecular complexity index is 1240. The number of benzene rings is 3. The quantitative estimate of drug-likeness (QED) is 0.266. The van der Waals surface area contributed by atoms with E-state index < -0.39 is 0 Å². The second-order valence-electron chi connectivity index (χ2n) is 8.07. The van der Waals surface area contributed by atoms with E-state index in [1.807, 2.05) is 22.7 Å². The molecule has 0 atom stereocenters. The molecule has 0 spiro atoms. The lowest BCUT2D eigenvalue weighted by Gasteiger charge is -2.44. The van der Waals surface area contributed by atoms with Crippen LogP contribution in [0.1, 0.15) is 45.2 Å². The van der Waals surface area contributed by atoms with Gasteiger partial charge in [-0.3, -0.25) is 0 Å². The summed E-state index contributed by atoms with van der Waals surface area (Å²) in [6.07, 6.45) is 0. The van der Waals surface area contributed by atoms with Crippen molar-refractivity contribution in [2.45, 2.75) is 11.8 Å². The zero-order chi connectivity index (χ0) is 19.7. The van der Waals surface area contributed by atoms with E-state index in [4.69, 9.17) is 0 Å². The average molecular weight is 419 g/mol. The van der Waals surface area contributed by atoms with Gasteiger partial charge in [0, 0.05) is 21.6 Å². The van der Waals surface area contributed by atoms with E-state index in [-0.39, 0.29) is 0 Å². The largest absolute Gasteiger partial charge is 0.144 e. The highest BCUT2D eigenvalue weighted by atomic mass is 32.1. The molecule has 0 aliphatic heterocycles. The fourth-order valence-electron chi connectivity index (χ4n) is 5.58. The average Bonchev–Trinajstić information content (AvgIpc) is 3.52. The number of hydrogen-bond donors (Lipinski definition) is 0. The number of hydrogen-bond acceptors (Lipinski definition) is 2. The molecule has 142 valence electrons. The summed E-state index contributed by atoms with van der Waals surface area (Å²) < 4.78 is 0. The van der Waals surface area contributed by atoms with Crippen molar-refractivity contribution in [1.82, 2.24) is 0 Å². The highest BCUT2D eigenvalue weighted by Crippen LogP contribution is 2.60. The van der Waals surface area contributed by atoms with Crippen molar-refractivity contribution in [3.05, 3.63) is 129 Å². The highest BCUT2D eigenvalue weighted by molar-refractivity contribution is 7.14. The molecule has 2 heteroatoms. The molecule has 2 aromatic heterocycles. The van der Waals surface area contributed by atoms with Crippen LogP contribution in [0.2, 0.25) is 0 Å². The van der Waals surface area contributed by atoms with Crippen molar-refractivity contribution < 1.29 is 0 Å². The van der Waals surface area contributed by atoms with E-state index in [2.05, 4.69) is 95.7 Å². The summed E-state index contributed by atoms with van der Waals surface area (Å²) in [6.45, 7) is 0. The van der Waals surface area contributed by atoms with Gasteiger partial charge in [-0.1, -0.05) is 72.8 Å². The summed E-state index contributed by atoms with van der Waals surface area (Å²) >= 11 is 3.69. The monoisotopic (exact) mass is 418 g/mol. The van der Waals surface area contributed by atoms with E-state index >= 15 is 0 Å². The van der Waals surface area contributed by atoms with Gasteiger partial charge in [0.15, 0.2) is 0 Å². The minimum absolute atomic E-state index is 0.300. The predicted molar refractivity (Wildman–Crippen MR) is 128 cm³/mol. The van der Waals surface area contributed by atoms with Crippen LogP contribution in [0.4, 0.5) is 0 Å². The molecule has 0 unspecified atom stereocenters. The Labute approximate surface area is 184 Å². The summed E-state index contributed by atoms with van der Waals surface area (Å²) in [6, 6.07) is 31.8.